The molecule has 24 heavy (non-hydrogen) atoms. The summed E-state index contributed by atoms with van der Waals surface area (Å²) in [6.45, 7) is 2.81. The van der Waals surface area contributed by atoms with Crippen molar-refractivity contribution in [2.24, 2.45) is 0 Å². The predicted molar refractivity (Wildman–Crippen MR) is 94.1 cm³/mol. The van der Waals surface area contributed by atoms with Crippen LogP contribution in [0.1, 0.15) is 44.3 Å². The van der Waals surface area contributed by atoms with Crippen LogP contribution >= 0.6 is 0 Å². The van der Waals surface area contributed by atoms with Crippen molar-refractivity contribution in [1.29, 1.82) is 0 Å². The van der Waals surface area contributed by atoms with Gasteiger partial charge in [-0.05, 0) is 25.3 Å². The molecule has 0 saturated heterocycles. The lowest BCUT2D eigenvalue weighted by Gasteiger charge is -2.20. The Kier molecular flexibility index (Phi) is 7.43. The van der Waals surface area contributed by atoms with Crippen molar-refractivity contribution in [1.82, 2.24) is 5.32 Å². The molecule has 0 aliphatic carbocycles. The molecule has 0 aliphatic heterocycles. The molecule has 2 aromatic rings. The van der Waals surface area contributed by atoms with Gasteiger partial charge in [0.25, 0.3) is 0 Å². The van der Waals surface area contributed by atoms with E-state index in [1.54, 1.807) is 0 Å². The van der Waals surface area contributed by atoms with Crippen molar-refractivity contribution in [2.45, 2.75) is 51.3 Å². The van der Waals surface area contributed by atoms with Crippen molar-refractivity contribution in [3.63, 3.8) is 0 Å². The van der Waals surface area contributed by atoms with E-state index in [0.29, 0.717) is 6.42 Å². The van der Waals surface area contributed by atoms with Crippen LogP contribution in [0.4, 0.5) is 0 Å². The molecule has 2 N–H and O–H groups in total. The molecule has 2 rings (SSSR count). The number of carbonyl (C=O) groups is 1. The topological polar surface area (TPSA) is 53.2 Å². The molecule has 1 aromatic heterocycles. The average molecular weight is 327 g/mol. The van der Waals surface area contributed by atoms with E-state index in [1.165, 1.54) is 0 Å². The first-order valence-corrected chi connectivity index (χ1v) is 8.63. The Balaban J connectivity index is 1.62. The fourth-order valence-electron chi connectivity index (χ4n) is 2.68. The van der Waals surface area contributed by atoms with Gasteiger partial charge in [0.05, 0.1) is 12.1 Å². The van der Waals surface area contributed by atoms with E-state index in [0.717, 1.165) is 31.4 Å². The number of nitrogens with one attached hydrogen (secondary N) is 1. The molecule has 0 bridgehead atoms. The van der Waals surface area contributed by atoms with Crippen molar-refractivity contribution in [2.75, 3.05) is 0 Å². The van der Waals surface area contributed by atoms with E-state index in [4.69, 9.17) is 0 Å². The summed E-state index contributed by atoms with van der Waals surface area (Å²) in [7, 11) is 0. The second kappa shape index (κ2) is 9.83. The Labute approximate surface area is 144 Å². The number of pyridine rings is 1. The quantitative estimate of drug-likeness (QED) is 0.550. The van der Waals surface area contributed by atoms with Gasteiger partial charge in [0.2, 0.25) is 5.91 Å². The number of aromatic nitrogens is 1. The lowest BCUT2D eigenvalue weighted by molar-refractivity contribution is -0.697. The predicted octanol–water partition coefficient (Wildman–Crippen LogP) is 2.77. The number of hydrogen-bond acceptors (Lipinski definition) is 2. The highest BCUT2D eigenvalue weighted by atomic mass is 16.3. The number of nitrogens with zero attached hydrogens (tertiary/aromatic N) is 1. The molecular weight excluding hydrogens is 300 g/mol. The van der Waals surface area contributed by atoms with Gasteiger partial charge < -0.3 is 10.4 Å². The first kappa shape index (κ1) is 18.1. The SMILES string of the molecule is C[C@@H](NC(=O)CCCCC[n+]1ccccc1)[C@@H](O)c1ccccc1. The van der Waals surface area contributed by atoms with Gasteiger partial charge in [-0.15, -0.1) is 0 Å². The van der Waals surface area contributed by atoms with E-state index in [-0.39, 0.29) is 11.9 Å². The van der Waals surface area contributed by atoms with E-state index in [2.05, 4.69) is 22.3 Å². The zero-order valence-electron chi connectivity index (χ0n) is 14.3. The molecule has 1 heterocycles. The Hall–Kier alpha value is -2.20. The lowest BCUT2D eigenvalue weighted by atomic mass is 10.0. The summed E-state index contributed by atoms with van der Waals surface area (Å²) >= 11 is 0. The van der Waals surface area contributed by atoms with Crippen LogP contribution in [0.15, 0.2) is 60.9 Å². The van der Waals surface area contributed by atoms with Crippen molar-refractivity contribution >= 4 is 5.91 Å². The number of rotatable bonds is 9. The van der Waals surface area contributed by atoms with Gasteiger partial charge in [-0.3, -0.25) is 4.79 Å². The van der Waals surface area contributed by atoms with E-state index >= 15 is 0 Å². The number of aryl methyl sites for hydroxylation is 1. The number of carbonyl (C=O) groups excluding carboxylic acids is 1. The molecule has 0 unspecified atom stereocenters. The van der Waals surface area contributed by atoms with Gasteiger partial charge in [0, 0.05) is 25.0 Å². The molecule has 4 nitrogen and oxygen atoms in total. The van der Waals surface area contributed by atoms with Crippen LogP contribution in [-0.2, 0) is 11.3 Å². The lowest BCUT2D eigenvalue weighted by Crippen LogP contribution is -2.37. The molecular formula is C20H27N2O2+. The van der Waals surface area contributed by atoms with Crippen LogP contribution in [-0.4, -0.2) is 17.1 Å². The zero-order valence-corrected chi connectivity index (χ0v) is 14.3. The summed E-state index contributed by atoms with van der Waals surface area (Å²) in [6.07, 6.45) is 6.89. The molecule has 0 spiro atoms. The molecule has 0 saturated carbocycles. The van der Waals surface area contributed by atoms with E-state index < -0.39 is 6.10 Å². The Morgan fingerprint density at radius 1 is 1.04 bits per heavy atom. The highest BCUT2D eigenvalue weighted by Crippen LogP contribution is 2.16. The largest absolute Gasteiger partial charge is 0.386 e. The standard InChI is InChI=1S/C20H26N2O2/c1-17(20(24)18-11-5-2-6-12-18)21-19(23)13-7-3-8-14-22-15-9-4-10-16-22/h2,4-6,9-12,15-17,20,24H,3,7-8,13-14H2,1H3/p+1/t17-,20-/m1/s1. The second-order valence-corrected chi connectivity index (χ2v) is 6.14. The van der Waals surface area contributed by atoms with Crippen LogP contribution < -0.4 is 9.88 Å². The first-order valence-electron chi connectivity index (χ1n) is 8.63. The monoisotopic (exact) mass is 327 g/mol. The Morgan fingerprint density at radius 3 is 2.42 bits per heavy atom. The Bertz CT molecular complexity index is 602. The number of unbranched alkanes of at least 4 members (excludes halogenated alkanes) is 2. The van der Waals surface area contributed by atoms with E-state index in [9.17, 15) is 9.90 Å². The third kappa shape index (κ3) is 6.13. The van der Waals surface area contributed by atoms with Gasteiger partial charge in [0.15, 0.2) is 12.4 Å². The Morgan fingerprint density at radius 2 is 1.71 bits per heavy atom. The minimum Gasteiger partial charge on any atom is -0.386 e. The molecule has 0 radical (unpaired) electrons. The normalized spacial score (nSPS) is 13.2. The van der Waals surface area contributed by atoms with Crippen LogP contribution in [0, 0.1) is 0 Å². The summed E-state index contributed by atoms with van der Waals surface area (Å²) in [6, 6.07) is 15.2. The summed E-state index contributed by atoms with van der Waals surface area (Å²) < 4.78 is 2.15. The summed E-state index contributed by atoms with van der Waals surface area (Å²) in [5, 5.41) is 13.1. The van der Waals surface area contributed by atoms with Crippen molar-refractivity contribution < 1.29 is 14.5 Å². The molecule has 1 aromatic carbocycles. The third-order valence-corrected chi connectivity index (χ3v) is 4.10. The highest BCUT2D eigenvalue weighted by Gasteiger charge is 2.17. The van der Waals surface area contributed by atoms with Crippen LogP contribution in [0.25, 0.3) is 0 Å². The van der Waals surface area contributed by atoms with Gasteiger partial charge in [-0.1, -0.05) is 36.4 Å². The van der Waals surface area contributed by atoms with Crippen molar-refractivity contribution in [3.05, 3.63) is 66.5 Å². The smallest absolute Gasteiger partial charge is 0.220 e. The number of benzene rings is 1. The maximum Gasteiger partial charge on any atom is 0.220 e. The number of aliphatic hydroxyl groups excluding tert-OH is 1. The number of hydrogen-bond donors (Lipinski definition) is 2. The van der Waals surface area contributed by atoms with Gasteiger partial charge >= 0.3 is 0 Å². The van der Waals surface area contributed by atoms with E-state index in [1.807, 2.05) is 55.5 Å². The minimum atomic E-state index is -0.676. The maximum atomic E-state index is 12.0. The fourth-order valence-corrected chi connectivity index (χ4v) is 2.68. The van der Waals surface area contributed by atoms with Gasteiger partial charge in [0.1, 0.15) is 6.54 Å². The minimum absolute atomic E-state index is 0.00449. The third-order valence-electron chi connectivity index (χ3n) is 4.10. The average Bonchev–Trinajstić information content (AvgIpc) is 2.62. The number of amides is 1. The zero-order chi connectivity index (χ0) is 17.2. The van der Waals surface area contributed by atoms with Crippen LogP contribution in [0.2, 0.25) is 0 Å². The molecule has 4 heteroatoms. The van der Waals surface area contributed by atoms with Gasteiger partial charge in [-0.25, -0.2) is 4.57 Å². The molecule has 2 atom stereocenters. The van der Waals surface area contributed by atoms with Gasteiger partial charge in [-0.2, -0.15) is 0 Å². The summed E-state index contributed by atoms with van der Waals surface area (Å²) in [4.78, 5) is 12.0. The number of aliphatic hydroxyl groups is 1. The molecule has 1 amide bonds. The molecule has 128 valence electrons. The van der Waals surface area contributed by atoms with Crippen molar-refractivity contribution in [3.8, 4) is 0 Å². The fraction of sp³-hybridized carbons (Fsp3) is 0.400. The molecule has 0 fully saturated rings. The summed E-state index contributed by atoms with van der Waals surface area (Å²) in [5.41, 5.74) is 0.824. The molecule has 0 aliphatic rings. The first-order chi connectivity index (χ1) is 11.7. The highest BCUT2D eigenvalue weighted by molar-refractivity contribution is 5.76. The second-order valence-electron chi connectivity index (χ2n) is 6.14. The van der Waals surface area contributed by atoms with Crippen LogP contribution in [0.3, 0.4) is 0 Å². The maximum absolute atomic E-state index is 12.0. The van der Waals surface area contributed by atoms with Crippen LogP contribution in [0.5, 0.6) is 0 Å². The summed E-state index contributed by atoms with van der Waals surface area (Å²) in [5.74, 6) is 0.00449.